The molecule has 1 atom stereocenters. The molecule has 3 rings (SSSR count). The van der Waals surface area contributed by atoms with E-state index in [4.69, 9.17) is 14.5 Å². The van der Waals surface area contributed by atoms with Crippen LogP contribution in [0.25, 0.3) is 0 Å². The summed E-state index contributed by atoms with van der Waals surface area (Å²) in [5.74, 6) is 1.73. The van der Waals surface area contributed by atoms with Crippen LogP contribution in [0.1, 0.15) is 30.9 Å². The largest absolute Gasteiger partial charge is 0.488 e. The van der Waals surface area contributed by atoms with E-state index in [1.54, 1.807) is 6.20 Å². The lowest BCUT2D eigenvalue weighted by Gasteiger charge is -2.16. The molecule has 1 saturated heterocycles. The van der Waals surface area contributed by atoms with Crippen molar-refractivity contribution in [1.29, 1.82) is 0 Å². The second-order valence-corrected chi connectivity index (χ2v) is 6.96. The predicted molar refractivity (Wildman–Crippen MR) is 111 cm³/mol. The average molecular weight is 386 g/mol. The summed E-state index contributed by atoms with van der Waals surface area (Å²) < 4.78 is 13.5. The van der Waals surface area contributed by atoms with Gasteiger partial charge in [0.2, 0.25) is 0 Å². The minimum atomic E-state index is 0.137. The van der Waals surface area contributed by atoms with Crippen molar-refractivity contribution in [3.05, 3.63) is 47.8 Å². The van der Waals surface area contributed by atoms with Gasteiger partial charge in [-0.25, -0.2) is 4.99 Å². The molecule has 0 spiro atoms. The lowest BCUT2D eigenvalue weighted by atomic mass is 10.1. The fraction of sp³-hybridized carbons (Fsp3) is 0.524. The van der Waals surface area contributed by atoms with Gasteiger partial charge in [-0.2, -0.15) is 5.10 Å². The van der Waals surface area contributed by atoms with E-state index in [0.717, 1.165) is 56.4 Å². The summed E-state index contributed by atoms with van der Waals surface area (Å²) in [5, 5.41) is 10.9. The van der Waals surface area contributed by atoms with Crippen LogP contribution in [0.2, 0.25) is 0 Å². The molecule has 7 heteroatoms. The summed E-state index contributed by atoms with van der Waals surface area (Å²) in [6.45, 7) is 8.70. The van der Waals surface area contributed by atoms with E-state index < -0.39 is 0 Å². The van der Waals surface area contributed by atoms with E-state index in [1.807, 2.05) is 16.9 Å². The van der Waals surface area contributed by atoms with E-state index in [2.05, 4.69) is 47.8 Å². The Bertz CT molecular complexity index is 739. The molecule has 1 aliphatic heterocycles. The molecule has 0 amide bonds. The Morgan fingerprint density at radius 3 is 3.07 bits per heavy atom. The molecule has 2 N–H and O–H groups in total. The predicted octanol–water partition coefficient (Wildman–Crippen LogP) is 2.50. The van der Waals surface area contributed by atoms with E-state index in [0.29, 0.717) is 13.2 Å². The Balaban J connectivity index is 1.56. The van der Waals surface area contributed by atoms with Crippen LogP contribution in [-0.2, 0) is 17.8 Å². The van der Waals surface area contributed by atoms with Gasteiger partial charge in [-0.1, -0.05) is 12.1 Å². The lowest BCUT2D eigenvalue weighted by molar-refractivity contribution is 0.140. The van der Waals surface area contributed by atoms with Crippen molar-refractivity contribution in [2.75, 3.05) is 26.3 Å². The molecule has 0 bridgehead atoms. The van der Waals surface area contributed by atoms with E-state index >= 15 is 0 Å². The van der Waals surface area contributed by atoms with Gasteiger partial charge >= 0.3 is 0 Å². The van der Waals surface area contributed by atoms with Gasteiger partial charge < -0.3 is 20.1 Å². The molecule has 28 heavy (non-hydrogen) atoms. The van der Waals surface area contributed by atoms with Crippen LogP contribution in [0, 0.1) is 6.92 Å². The number of guanidine groups is 1. The Hall–Kier alpha value is -2.54. The molecule has 2 heterocycles. The highest BCUT2D eigenvalue weighted by Crippen LogP contribution is 2.24. The van der Waals surface area contributed by atoms with Crippen LogP contribution in [0.3, 0.4) is 0 Å². The van der Waals surface area contributed by atoms with Crippen molar-refractivity contribution in [1.82, 2.24) is 20.4 Å². The zero-order chi connectivity index (χ0) is 19.6. The third kappa shape index (κ3) is 6.27. The highest BCUT2D eigenvalue weighted by molar-refractivity contribution is 5.79. The highest BCUT2D eigenvalue weighted by atomic mass is 16.5. The molecule has 1 aromatic carbocycles. The molecule has 1 fully saturated rings. The molecule has 2 aromatic rings. The lowest BCUT2D eigenvalue weighted by Crippen LogP contribution is -2.38. The van der Waals surface area contributed by atoms with Crippen LogP contribution in [0.5, 0.6) is 5.75 Å². The minimum Gasteiger partial charge on any atom is -0.488 e. The van der Waals surface area contributed by atoms with Crippen LogP contribution in [0.15, 0.2) is 41.7 Å². The van der Waals surface area contributed by atoms with Crippen molar-refractivity contribution < 1.29 is 9.47 Å². The van der Waals surface area contributed by atoms with Gasteiger partial charge in [0.15, 0.2) is 5.96 Å². The highest BCUT2D eigenvalue weighted by Gasteiger charge is 2.18. The Kier molecular flexibility index (Phi) is 7.72. The van der Waals surface area contributed by atoms with Crippen LogP contribution >= 0.6 is 0 Å². The van der Waals surface area contributed by atoms with Crippen LogP contribution in [0.4, 0.5) is 0 Å². The second kappa shape index (κ2) is 10.7. The fourth-order valence-electron chi connectivity index (χ4n) is 3.07. The number of aryl methyl sites for hydroxylation is 2. The van der Waals surface area contributed by atoms with Gasteiger partial charge in [-0.05, 0) is 38.0 Å². The molecule has 7 nitrogen and oxygen atoms in total. The third-order valence-electron chi connectivity index (χ3n) is 4.57. The first kappa shape index (κ1) is 20.2. The number of aliphatic imine (C=N–C) groups is 1. The third-order valence-corrected chi connectivity index (χ3v) is 4.57. The molecule has 0 radical (unpaired) electrons. The topological polar surface area (TPSA) is 72.7 Å². The normalized spacial score (nSPS) is 16.9. The maximum absolute atomic E-state index is 6.17. The van der Waals surface area contributed by atoms with Crippen molar-refractivity contribution >= 4 is 5.96 Å². The molecular formula is C21H31N5O2. The number of hydrogen-bond donors (Lipinski definition) is 2. The number of aromatic nitrogens is 2. The average Bonchev–Trinajstić information content (AvgIpc) is 3.38. The monoisotopic (exact) mass is 385 g/mol. The molecular weight excluding hydrogens is 354 g/mol. The molecule has 1 aromatic heterocycles. The van der Waals surface area contributed by atoms with Gasteiger partial charge in [0, 0.05) is 44.0 Å². The number of nitrogens with one attached hydrogen (secondary N) is 2. The number of benzene rings is 1. The number of rotatable bonds is 9. The van der Waals surface area contributed by atoms with Crippen molar-refractivity contribution in [2.24, 2.45) is 4.99 Å². The molecule has 0 aliphatic carbocycles. The molecule has 0 saturated carbocycles. The zero-order valence-electron chi connectivity index (χ0n) is 16.9. The summed E-state index contributed by atoms with van der Waals surface area (Å²) in [6.07, 6.45) is 5.84. The first-order valence-corrected chi connectivity index (χ1v) is 10.1. The minimum absolute atomic E-state index is 0.137. The summed E-state index contributed by atoms with van der Waals surface area (Å²) in [7, 11) is 0. The Morgan fingerprint density at radius 1 is 1.39 bits per heavy atom. The van der Waals surface area contributed by atoms with Crippen LogP contribution in [-0.4, -0.2) is 48.1 Å². The zero-order valence-corrected chi connectivity index (χ0v) is 16.9. The summed E-state index contributed by atoms with van der Waals surface area (Å²) >= 11 is 0. The quantitative estimate of drug-likeness (QED) is 0.394. The summed E-state index contributed by atoms with van der Waals surface area (Å²) in [6, 6.07) is 8.24. The first-order valence-electron chi connectivity index (χ1n) is 10.1. The van der Waals surface area contributed by atoms with Gasteiger partial charge in [-0.3, -0.25) is 4.68 Å². The molecule has 152 valence electrons. The van der Waals surface area contributed by atoms with E-state index in [-0.39, 0.29) is 6.10 Å². The van der Waals surface area contributed by atoms with Gasteiger partial charge in [-0.15, -0.1) is 0 Å². The standard InChI is InChI=1S/C21H31N5O2/c1-3-22-21(23-9-4-11-26-12-5-10-25-26)24-15-18-7-6-17(2)14-20(18)28-19-8-13-27-16-19/h5-7,10,12,14,19H,3-4,8-9,11,13,15-16H2,1-2H3,(H2,22,23,24). The number of hydrogen-bond acceptors (Lipinski definition) is 4. The van der Waals surface area contributed by atoms with Crippen LogP contribution < -0.4 is 15.4 Å². The number of ether oxygens (including phenoxy) is 2. The van der Waals surface area contributed by atoms with Crippen molar-refractivity contribution in [3.8, 4) is 5.75 Å². The van der Waals surface area contributed by atoms with Gasteiger partial charge in [0.25, 0.3) is 0 Å². The van der Waals surface area contributed by atoms with E-state index in [9.17, 15) is 0 Å². The van der Waals surface area contributed by atoms with Gasteiger partial charge in [0.05, 0.1) is 19.8 Å². The SMILES string of the molecule is CCNC(=NCc1ccc(C)cc1OC1CCOC1)NCCCn1cccn1. The van der Waals surface area contributed by atoms with Crippen molar-refractivity contribution in [2.45, 2.75) is 45.9 Å². The van der Waals surface area contributed by atoms with Crippen molar-refractivity contribution in [3.63, 3.8) is 0 Å². The first-order chi connectivity index (χ1) is 13.7. The van der Waals surface area contributed by atoms with Gasteiger partial charge in [0.1, 0.15) is 11.9 Å². The Labute approximate surface area is 167 Å². The maximum atomic E-state index is 6.17. The fourth-order valence-corrected chi connectivity index (χ4v) is 3.07. The second-order valence-electron chi connectivity index (χ2n) is 6.96. The summed E-state index contributed by atoms with van der Waals surface area (Å²) in [4.78, 5) is 4.74. The Morgan fingerprint density at radius 2 is 2.32 bits per heavy atom. The number of nitrogens with zero attached hydrogens (tertiary/aromatic N) is 3. The van der Waals surface area contributed by atoms with E-state index in [1.165, 1.54) is 5.56 Å². The maximum Gasteiger partial charge on any atom is 0.191 e. The molecule has 1 aliphatic rings. The summed E-state index contributed by atoms with van der Waals surface area (Å²) in [5.41, 5.74) is 2.27. The molecule has 1 unspecified atom stereocenters. The smallest absolute Gasteiger partial charge is 0.191 e.